The Labute approximate surface area is 98.5 Å². The quantitative estimate of drug-likeness (QED) is 0.780. The zero-order valence-electron chi connectivity index (χ0n) is 10.3. The molecule has 0 radical (unpaired) electrons. The highest BCUT2D eigenvalue weighted by molar-refractivity contribution is 4.95. The molecule has 3 fully saturated rings. The maximum absolute atomic E-state index is 5.88. The van der Waals surface area contributed by atoms with Gasteiger partial charge in [0.15, 0.2) is 0 Å². The first-order valence-corrected chi connectivity index (χ1v) is 6.89. The van der Waals surface area contributed by atoms with E-state index in [2.05, 4.69) is 17.3 Å². The molecule has 2 saturated heterocycles. The monoisotopic (exact) mass is 224 g/mol. The van der Waals surface area contributed by atoms with Crippen molar-refractivity contribution in [3.05, 3.63) is 0 Å². The van der Waals surface area contributed by atoms with Crippen molar-refractivity contribution in [3.8, 4) is 0 Å². The Bertz CT molecular complexity index is 234. The smallest absolute Gasteiger partial charge is 0.0757 e. The number of likely N-dealkylation sites (tertiary alicyclic amines) is 1. The van der Waals surface area contributed by atoms with Gasteiger partial charge in [0.2, 0.25) is 0 Å². The predicted molar refractivity (Wildman–Crippen MR) is 64.5 cm³/mol. The molecule has 0 aromatic heterocycles. The molecule has 1 N–H and O–H groups in total. The highest BCUT2D eigenvalue weighted by atomic mass is 16.5. The molecule has 3 heteroatoms. The third-order valence-corrected chi connectivity index (χ3v) is 4.39. The number of nitrogens with one attached hydrogen (secondary N) is 1. The Morgan fingerprint density at radius 2 is 1.81 bits per heavy atom. The fraction of sp³-hybridized carbons (Fsp3) is 1.00. The highest BCUT2D eigenvalue weighted by Gasteiger charge is 2.41. The fourth-order valence-electron chi connectivity index (χ4n) is 3.16. The normalized spacial score (nSPS) is 38.1. The molecule has 16 heavy (non-hydrogen) atoms. The molecular weight excluding hydrogens is 200 g/mol. The highest BCUT2D eigenvalue weighted by Crippen LogP contribution is 2.39. The molecule has 0 aromatic carbocycles. The molecule has 0 spiro atoms. The molecule has 2 heterocycles. The summed E-state index contributed by atoms with van der Waals surface area (Å²) in [5, 5.41) is 3.86. The van der Waals surface area contributed by atoms with Crippen LogP contribution in [0, 0.1) is 5.92 Å². The van der Waals surface area contributed by atoms with E-state index in [0.29, 0.717) is 12.1 Å². The zero-order chi connectivity index (χ0) is 11.0. The lowest BCUT2D eigenvalue weighted by Crippen LogP contribution is -2.48. The predicted octanol–water partition coefficient (Wildman–Crippen LogP) is 1.24. The number of hydrogen-bond donors (Lipinski definition) is 1. The van der Waals surface area contributed by atoms with E-state index in [9.17, 15) is 0 Å². The third-order valence-electron chi connectivity index (χ3n) is 4.39. The van der Waals surface area contributed by atoms with Crippen molar-refractivity contribution in [1.82, 2.24) is 10.2 Å². The zero-order valence-corrected chi connectivity index (χ0v) is 10.3. The Balaban J connectivity index is 1.49. The first kappa shape index (κ1) is 11.0. The van der Waals surface area contributed by atoms with Gasteiger partial charge in [-0.05, 0) is 58.2 Å². The van der Waals surface area contributed by atoms with Crippen LogP contribution < -0.4 is 5.32 Å². The van der Waals surface area contributed by atoms with Crippen molar-refractivity contribution in [3.63, 3.8) is 0 Å². The second kappa shape index (κ2) is 4.63. The molecule has 0 amide bonds. The number of nitrogens with zero attached hydrogens (tertiary/aromatic N) is 1. The number of piperidine rings is 1. The van der Waals surface area contributed by atoms with Crippen molar-refractivity contribution >= 4 is 0 Å². The van der Waals surface area contributed by atoms with Crippen LogP contribution in [0.4, 0.5) is 0 Å². The van der Waals surface area contributed by atoms with E-state index >= 15 is 0 Å². The van der Waals surface area contributed by atoms with Gasteiger partial charge in [-0.3, -0.25) is 0 Å². The number of hydrogen-bond acceptors (Lipinski definition) is 3. The van der Waals surface area contributed by atoms with Crippen molar-refractivity contribution in [1.29, 1.82) is 0 Å². The Kier molecular flexibility index (Phi) is 3.18. The first-order valence-electron chi connectivity index (χ1n) is 6.89. The van der Waals surface area contributed by atoms with Crippen LogP contribution in [-0.2, 0) is 4.74 Å². The molecule has 2 unspecified atom stereocenters. The molecule has 0 aromatic rings. The van der Waals surface area contributed by atoms with Crippen molar-refractivity contribution in [2.75, 3.05) is 26.7 Å². The van der Waals surface area contributed by atoms with Crippen LogP contribution in [0.2, 0.25) is 0 Å². The summed E-state index contributed by atoms with van der Waals surface area (Å²) in [4.78, 5) is 2.43. The van der Waals surface area contributed by atoms with Crippen LogP contribution in [0.3, 0.4) is 0 Å². The molecule has 92 valence electrons. The van der Waals surface area contributed by atoms with E-state index in [4.69, 9.17) is 4.74 Å². The second-order valence-electron chi connectivity index (χ2n) is 5.81. The summed E-state index contributed by atoms with van der Waals surface area (Å²) < 4.78 is 5.88. The van der Waals surface area contributed by atoms with Gasteiger partial charge in [0, 0.05) is 18.7 Å². The summed E-state index contributed by atoms with van der Waals surface area (Å²) in [5.74, 6) is 0.881. The van der Waals surface area contributed by atoms with Gasteiger partial charge < -0.3 is 15.0 Å². The summed E-state index contributed by atoms with van der Waals surface area (Å²) in [7, 11) is 2.22. The maximum Gasteiger partial charge on any atom is 0.0757 e. The molecule has 1 saturated carbocycles. The van der Waals surface area contributed by atoms with E-state index in [-0.39, 0.29) is 0 Å². The van der Waals surface area contributed by atoms with Gasteiger partial charge in [-0.2, -0.15) is 0 Å². The fourth-order valence-corrected chi connectivity index (χ4v) is 3.16. The lowest BCUT2D eigenvalue weighted by atomic mass is 10.0. The van der Waals surface area contributed by atoms with Crippen molar-refractivity contribution in [2.24, 2.45) is 5.92 Å². The third kappa shape index (κ3) is 2.41. The van der Waals surface area contributed by atoms with E-state index in [1.807, 2.05) is 0 Å². The van der Waals surface area contributed by atoms with Gasteiger partial charge in [-0.15, -0.1) is 0 Å². The van der Waals surface area contributed by atoms with E-state index < -0.39 is 0 Å². The van der Waals surface area contributed by atoms with Crippen LogP contribution in [0.5, 0.6) is 0 Å². The minimum Gasteiger partial charge on any atom is -0.376 e. The minimum absolute atomic E-state index is 0.541. The summed E-state index contributed by atoms with van der Waals surface area (Å²) >= 11 is 0. The van der Waals surface area contributed by atoms with Crippen LogP contribution in [0.1, 0.15) is 32.1 Å². The average Bonchev–Trinajstić information content (AvgIpc) is 3.03. The average molecular weight is 224 g/mol. The first-order chi connectivity index (χ1) is 7.83. The largest absolute Gasteiger partial charge is 0.376 e. The van der Waals surface area contributed by atoms with Crippen LogP contribution >= 0.6 is 0 Å². The SMILES string of the molecule is CN1CCC(NC2CCOC2C2CC2)CC1. The van der Waals surface area contributed by atoms with E-state index in [1.54, 1.807) is 0 Å². The summed E-state index contributed by atoms with van der Waals surface area (Å²) in [6.07, 6.45) is 7.19. The van der Waals surface area contributed by atoms with E-state index in [0.717, 1.165) is 18.6 Å². The van der Waals surface area contributed by atoms with Gasteiger partial charge in [0.05, 0.1) is 6.10 Å². The second-order valence-corrected chi connectivity index (χ2v) is 5.81. The molecule has 3 rings (SSSR count). The minimum atomic E-state index is 0.541. The maximum atomic E-state index is 5.88. The summed E-state index contributed by atoms with van der Waals surface area (Å²) in [6.45, 7) is 3.48. The summed E-state index contributed by atoms with van der Waals surface area (Å²) in [6, 6.07) is 1.39. The standard InChI is InChI=1S/C13H24N2O/c1-15-7-4-11(5-8-15)14-12-6-9-16-13(12)10-2-3-10/h10-14H,2-9H2,1H3. The lowest BCUT2D eigenvalue weighted by Gasteiger charge is -2.32. The Morgan fingerprint density at radius 1 is 1.06 bits per heavy atom. The van der Waals surface area contributed by atoms with Crippen molar-refractivity contribution < 1.29 is 4.74 Å². The molecular formula is C13H24N2O. The molecule has 2 atom stereocenters. The van der Waals surface area contributed by atoms with Crippen LogP contribution in [0.25, 0.3) is 0 Å². The van der Waals surface area contributed by atoms with E-state index in [1.165, 1.54) is 45.2 Å². The number of ether oxygens (including phenoxy) is 1. The van der Waals surface area contributed by atoms with Gasteiger partial charge in [-0.1, -0.05) is 0 Å². The van der Waals surface area contributed by atoms with Crippen LogP contribution in [0.15, 0.2) is 0 Å². The summed E-state index contributed by atoms with van der Waals surface area (Å²) in [5.41, 5.74) is 0. The van der Waals surface area contributed by atoms with Crippen LogP contribution in [-0.4, -0.2) is 49.8 Å². The lowest BCUT2D eigenvalue weighted by molar-refractivity contribution is 0.0762. The van der Waals surface area contributed by atoms with Gasteiger partial charge in [0.1, 0.15) is 0 Å². The van der Waals surface area contributed by atoms with Gasteiger partial charge >= 0.3 is 0 Å². The van der Waals surface area contributed by atoms with Gasteiger partial charge in [0.25, 0.3) is 0 Å². The molecule has 0 bridgehead atoms. The Hall–Kier alpha value is -0.120. The van der Waals surface area contributed by atoms with Crippen molar-refractivity contribution in [2.45, 2.75) is 50.3 Å². The molecule has 3 aliphatic rings. The number of rotatable bonds is 3. The topological polar surface area (TPSA) is 24.5 Å². The molecule has 3 nitrogen and oxygen atoms in total. The molecule has 1 aliphatic carbocycles. The Morgan fingerprint density at radius 3 is 2.50 bits per heavy atom. The van der Waals surface area contributed by atoms with Gasteiger partial charge in [-0.25, -0.2) is 0 Å². The molecule has 2 aliphatic heterocycles.